The van der Waals surface area contributed by atoms with Crippen LogP contribution >= 0.6 is 0 Å². The number of rotatable bonds is 8. The molecule has 68 heavy (non-hydrogen) atoms. The van der Waals surface area contributed by atoms with E-state index in [1.165, 1.54) is 43.8 Å². The Morgan fingerprint density at radius 2 is 0.794 bits per heavy atom. The second kappa shape index (κ2) is 16.5. The SMILES string of the molecule is c1ccc(-c2ccccc2N(c2cccc(-c3ccc4c(c3)c(-c3ccccc3)c(-c3ccccc3)c3ccccc34)c2)c2ccccc2-c2cccc3oc4c5ccccc5ccc4c23)cc1. The van der Waals surface area contributed by atoms with Gasteiger partial charge in [0.2, 0.25) is 0 Å². The number of hydrogen-bond donors (Lipinski definition) is 0. The van der Waals surface area contributed by atoms with Crippen LogP contribution in [0.4, 0.5) is 17.1 Å². The molecule has 0 bridgehead atoms. The number of furan rings is 1. The highest BCUT2D eigenvalue weighted by Crippen LogP contribution is 2.49. The summed E-state index contributed by atoms with van der Waals surface area (Å²) in [4.78, 5) is 2.45. The Kier molecular flexibility index (Phi) is 9.54. The molecule has 1 aromatic heterocycles. The lowest BCUT2D eigenvalue weighted by Crippen LogP contribution is -2.12. The summed E-state index contributed by atoms with van der Waals surface area (Å²) in [5.41, 5.74) is 16.7. The predicted octanol–water partition coefficient (Wildman–Crippen LogP) is 18.9. The maximum atomic E-state index is 6.75. The Labute approximate surface area is 395 Å². The molecule has 0 spiro atoms. The minimum atomic E-state index is 0.872. The largest absolute Gasteiger partial charge is 0.455 e. The molecule has 0 saturated heterocycles. The molecular weight excluding hydrogens is 823 g/mol. The van der Waals surface area contributed by atoms with Crippen LogP contribution in [-0.4, -0.2) is 0 Å². The molecule has 0 radical (unpaired) electrons. The second-order valence-electron chi connectivity index (χ2n) is 17.5. The number of anilines is 3. The van der Waals surface area contributed by atoms with Crippen molar-refractivity contribution in [1.82, 2.24) is 0 Å². The van der Waals surface area contributed by atoms with Crippen LogP contribution in [0.2, 0.25) is 0 Å². The van der Waals surface area contributed by atoms with E-state index in [9.17, 15) is 0 Å². The molecule has 2 nitrogen and oxygen atoms in total. The highest BCUT2D eigenvalue weighted by Gasteiger charge is 2.24. The topological polar surface area (TPSA) is 16.4 Å². The van der Waals surface area contributed by atoms with Gasteiger partial charge in [-0.15, -0.1) is 0 Å². The molecule has 12 aromatic carbocycles. The molecule has 13 rings (SSSR count). The zero-order valence-electron chi connectivity index (χ0n) is 37.2. The van der Waals surface area contributed by atoms with Crippen molar-refractivity contribution in [2.45, 2.75) is 0 Å². The lowest BCUT2D eigenvalue weighted by Gasteiger charge is -2.30. The Morgan fingerprint density at radius 1 is 0.279 bits per heavy atom. The van der Waals surface area contributed by atoms with Gasteiger partial charge in [0.05, 0.1) is 11.4 Å². The Hall–Kier alpha value is -8.98. The van der Waals surface area contributed by atoms with E-state index in [1.54, 1.807) is 0 Å². The molecule has 0 aliphatic carbocycles. The van der Waals surface area contributed by atoms with Crippen LogP contribution in [-0.2, 0) is 0 Å². The van der Waals surface area contributed by atoms with Crippen molar-refractivity contribution in [2.24, 2.45) is 0 Å². The highest BCUT2D eigenvalue weighted by molar-refractivity contribution is 6.23. The zero-order chi connectivity index (χ0) is 45.0. The molecule has 318 valence electrons. The molecule has 0 atom stereocenters. The fraction of sp³-hybridized carbons (Fsp3) is 0. The fourth-order valence-corrected chi connectivity index (χ4v) is 10.6. The molecule has 0 fully saturated rings. The Balaban J connectivity index is 1.05. The zero-order valence-corrected chi connectivity index (χ0v) is 37.2. The maximum Gasteiger partial charge on any atom is 0.143 e. The summed E-state index contributed by atoms with van der Waals surface area (Å²) >= 11 is 0. The molecule has 0 N–H and O–H groups in total. The van der Waals surface area contributed by atoms with Crippen molar-refractivity contribution in [2.75, 3.05) is 4.90 Å². The fourth-order valence-electron chi connectivity index (χ4n) is 10.6. The van der Waals surface area contributed by atoms with Crippen molar-refractivity contribution in [1.29, 1.82) is 0 Å². The van der Waals surface area contributed by atoms with Crippen LogP contribution in [0.3, 0.4) is 0 Å². The van der Waals surface area contributed by atoms with E-state index in [2.05, 4.69) is 266 Å². The van der Waals surface area contributed by atoms with Crippen LogP contribution in [0.5, 0.6) is 0 Å². The third-order valence-electron chi connectivity index (χ3n) is 13.6. The van der Waals surface area contributed by atoms with Gasteiger partial charge in [-0.05, 0) is 114 Å². The summed E-state index contributed by atoms with van der Waals surface area (Å²) in [5.74, 6) is 0. The Morgan fingerprint density at radius 3 is 1.54 bits per heavy atom. The van der Waals surface area contributed by atoms with E-state index < -0.39 is 0 Å². The molecule has 0 aliphatic rings. The van der Waals surface area contributed by atoms with Gasteiger partial charge in [0.25, 0.3) is 0 Å². The standard InChI is InChI=1S/C66H43NO/c1-4-20-44(21-5-1)51-29-14-16-35-60(51)67(61-36-17-15-32-55(61)57-34-19-37-62-65(57)58-41-38-45-22-10-11-30-52(45)66(58)68-62)50-28-18-27-48(42-50)49-39-40-54-53-31-12-13-33-56(53)63(46-23-6-2-7-24-46)64(59(54)43-49)47-25-8-3-9-26-47/h1-43H. The quantitative estimate of drug-likeness (QED) is 0.142. The lowest BCUT2D eigenvalue weighted by atomic mass is 9.84. The molecule has 0 saturated carbocycles. The van der Waals surface area contributed by atoms with Gasteiger partial charge >= 0.3 is 0 Å². The van der Waals surface area contributed by atoms with Crippen molar-refractivity contribution < 1.29 is 4.42 Å². The third kappa shape index (κ3) is 6.57. The van der Waals surface area contributed by atoms with Gasteiger partial charge in [-0.2, -0.15) is 0 Å². The number of para-hydroxylation sites is 2. The van der Waals surface area contributed by atoms with Crippen LogP contribution in [0.25, 0.3) is 110 Å². The average molecular weight is 866 g/mol. The minimum absolute atomic E-state index is 0.872. The van der Waals surface area contributed by atoms with Crippen LogP contribution in [0.1, 0.15) is 0 Å². The monoisotopic (exact) mass is 865 g/mol. The van der Waals surface area contributed by atoms with Crippen LogP contribution in [0, 0.1) is 0 Å². The van der Waals surface area contributed by atoms with Gasteiger partial charge in [0.15, 0.2) is 0 Å². The van der Waals surface area contributed by atoms with E-state index in [0.717, 1.165) is 83.2 Å². The van der Waals surface area contributed by atoms with Gasteiger partial charge < -0.3 is 9.32 Å². The molecular formula is C66H43NO. The minimum Gasteiger partial charge on any atom is -0.455 e. The van der Waals surface area contributed by atoms with E-state index in [4.69, 9.17) is 4.42 Å². The normalized spacial score (nSPS) is 11.5. The summed E-state index contributed by atoms with van der Waals surface area (Å²) in [6, 6.07) is 94.5. The summed E-state index contributed by atoms with van der Waals surface area (Å²) in [7, 11) is 0. The van der Waals surface area contributed by atoms with Crippen molar-refractivity contribution in [3.05, 3.63) is 261 Å². The lowest BCUT2D eigenvalue weighted by molar-refractivity contribution is 0.673. The van der Waals surface area contributed by atoms with Gasteiger partial charge in [-0.25, -0.2) is 0 Å². The number of hydrogen-bond acceptors (Lipinski definition) is 2. The predicted molar refractivity (Wildman–Crippen MR) is 288 cm³/mol. The smallest absolute Gasteiger partial charge is 0.143 e. The average Bonchev–Trinajstić information content (AvgIpc) is 3.81. The summed E-state index contributed by atoms with van der Waals surface area (Å²) in [6.45, 7) is 0. The molecule has 13 aromatic rings. The van der Waals surface area contributed by atoms with Crippen LogP contribution in [0.15, 0.2) is 265 Å². The third-order valence-corrected chi connectivity index (χ3v) is 13.6. The summed E-state index contributed by atoms with van der Waals surface area (Å²) in [6.07, 6.45) is 0. The first-order valence-corrected chi connectivity index (χ1v) is 23.3. The van der Waals surface area contributed by atoms with Crippen LogP contribution < -0.4 is 4.90 Å². The van der Waals surface area contributed by atoms with E-state index in [0.29, 0.717) is 0 Å². The maximum absolute atomic E-state index is 6.75. The van der Waals surface area contributed by atoms with Gasteiger partial charge in [0, 0.05) is 33.0 Å². The molecule has 0 amide bonds. The van der Waals surface area contributed by atoms with E-state index >= 15 is 0 Å². The first-order chi connectivity index (χ1) is 33.8. The molecule has 0 aliphatic heterocycles. The van der Waals surface area contributed by atoms with Gasteiger partial charge in [0.1, 0.15) is 11.2 Å². The molecule has 1 heterocycles. The molecule has 0 unspecified atom stereocenters. The number of benzene rings is 12. The highest BCUT2D eigenvalue weighted by atomic mass is 16.3. The van der Waals surface area contributed by atoms with Crippen molar-refractivity contribution in [3.63, 3.8) is 0 Å². The van der Waals surface area contributed by atoms with Gasteiger partial charge in [-0.3, -0.25) is 0 Å². The number of nitrogens with zero attached hydrogens (tertiary/aromatic N) is 1. The number of fused-ring (bicyclic) bond motifs is 8. The first kappa shape index (κ1) is 39.4. The Bertz CT molecular complexity index is 4020. The molecule has 2 heteroatoms. The second-order valence-corrected chi connectivity index (χ2v) is 17.5. The van der Waals surface area contributed by atoms with Crippen molar-refractivity contribution >= 4 is 71.3 Å². The van der Waals surface area contributed by atoms with E-state index in [1.807, 2.05) is 0 Å². The van der Waals surface area contributed by atoms with E-state index in [-0.39, 0.29) is 0 Å². The first-order valence-electron chi connectivity index (χ1n) is 23.3. The van der Waals surface area contributed by atoms with Crippen molar-refractivity contribution in [3.8, 4) is 55.6 Å². The summed E-state index contributed by atoms with van der Waals surface area (Å²) in [5, 5.41) is 9.45. The summed E-state index contributed by atoms with van der Waals surface area (Å²) < 4.78 is 6.75. The van der Waals surface area contributed by atoms with Gasteiger partial charge in [-0.1, -0.05) is 218 Å².